The first kappa shape index (κ1) is 18.0. The highest BCUT2D eigenvalue weighted by Gasteiger charge is 2.34. The van der Waals surface area contributed by atoms with Gasteiger partial charge < -0.3 is 15.4 Å². The Morgan fingerprint density at radius 2 is 2.05 bits per heavy atom. The lowest BCUT2D eigenvalue weighted by molar-refractivity contribution is 0.0891. The van der Waals surface area contributed by atoms with Crippen LogP contribution in [0, 0.1) is 13.8 Å². The molecule has 1 aliphatic rings. The maximum Gasteiger partial charge on any atom is 0.251 e. The normalized spacial score (nSPS) is 20.9. The number of rotatable bonds is 5. The number of carbonyl (C=O) groups is 1. The fraction of sp³-hybridized carbons (Fsp3) is 0.562. The molecular formula is C16H25ClN2O2. The molecule has 4 nitrogen and oxygen atoms in total. The van der Waals surface area contributed by atoms with Crippen molar-refractivity contribution in [2.75, 3.05) is 26.8 Å². The lowest BCUT2D eigenvalue weighted by atomic mass is 9.97. The number of halogens is 1. The van der Waals surface area contributed by atoms with Crippen molar-refractivity contribution in [3.63, 3.8) is 0 Å². The van der Waals surface area contributed by atoms with Gasteiger partial charge in [-0.15, -0.1) is 12.4 Å². The molecule has 1 unspecified atom stereocenters. The van der Waals surface area contributed by atoms with E-state index in [4.69, 9.17) is 4.74 Å². The third-order valence-corrected chi connectivity index (χ3v) is 4.05. The van der Waals surface area contributed by atoms with E-state index in [9.17, 15) is 4.79 Å². The van der Waals surface area contributed by atoms with Crippen LogP contribution in [0.2, 0.25) is 0 Å². The van der Waals surface area contributed by atoms with E-state index in [0.29, 0.717) is 13.2 Å². The van der Waals surface area contributed by atoms with Gasteiger partial charge in [-0.05, 0) is 44.4 Å². The Kier molecular flexibility index (Phi) is 6.65. The van der Waals surface area contributed by atoms with Crippen LogP contribution in [0.4, 0.5) is 0 Å². The molecule has 1 aliphatic heterocycles. The number of methoxy groups -OCH3 is 1. The number of nitrogens with one attached hydrogen (secondary N) is 2. The summed E-state index contributed by atoms with van der Waals surface area (Å²) in [4.78, 5) is 12.4. The van der Waals surface area contributed by atoms with E-state index in [-0.39, 0.29) is 23.9 Å². The van der Waals surface area contributed by atoms with Gasteiger partial charge >= 0.3 is 0 Å². The zero-order chi connectivity index (χ0) is 14.6. The monoisotopic (exact) mass is 312 g/mol. The summed E-state index contributed by atoms with van der Waals surface area (Å²) in [7, 11) is 1.70. The first-order valence-electron chi connectivity index (χ1n) is 7.16. The predicted octanol–water partition coefficient (Wildman–Crippen LogP) is 2.22. The van der Waals surface area contributed by atoms with Gasteiger partial charge in [0.25, 0.3) is 5.91 Å². The molecule has 0 saturated carbocycles. The smallest absolute Gasteiger partial charge is 0.251 e. The number of hydrogen-bond donors (Lipinski definition) is 2. The second-order valence-electron chi connectivity index (χ2n) is 5.69. The minimum absolute atomic E-state index is 0. The molecule has 0 bridgehead atoms. The second kappa shape index (κ2) is 7.78. The van der Waals surface area contributed by atoms with Crippen LogP contribution in [0.25, 0.3) is 0 Å². The van der Waals surface area contributed by atoms with Crippen LogP contribution in [0.1, 0.15) is 34.3 Å². The van der Waals surface area contributed by atoms with Crippen molar-refractivity contribution in [3.05, 3.63) is 34.9 Å². The second-order valence-corrected chi connectivity index (χ2v) is 5.69. The highest BCUT2D eigenvalue weighted by molar-refractivity contribution is 5.97. The van der Waals surface area contributed by atoms with Gasteiger partial charge in [0.05, 0.1) is 12.1 Å². The van der Waals surface area contributed by atoms with Crippen molar-refractivity contribution < 1.29 is 9.53 Å². The highest BCUT2D eigenvalue weighted by Crippen LogP contribution is 2.19. The summed E-state index contributed by atoms with van der Waals surface area (Å²) in [6.07, 6.45) is 2.16. The van der Waals surface area contributed by atoms with Crippen LogP contribution in [-0.2, 0) is 4.74 Å². The van der Waals surface area contributed by atoms with E-state index in [1.54, 1.807) is 7.11 Å². The Hall–Kier alpha value is -1.10. The van der Waals surface area contributed by atoms with Crippen LogP contribution < -0.4 is 10.6 Å². The molecule has 1 fully saturated rings. The zero-order valence-corrected chi connectivity index (χ0v) is 13.8. The van der Waals surface area contributed by atoms with Crippen molar-refractivity contribution in [2.45, 2.75) is 32.2 Å². The first-order chi connectivity index (χ1) is 9.58. The predicted molar refractivity (Wildman–Crippen MR) is 87.3 cm³/mol. The van der Waals surface area contributed by atoms with Crippen LogP contribution >= 0.6 is 12.4 Å². The summed E-state index contributed by atoms with van der Waals surface area (Å²) < 4.78 is 5.30. The van der Waals surface area contributed by atoms with Gasteiger partial charge in [-0.3, -0.25) is 4.79 Å². The molecule has 21 heavy (non-hydrogen) atoms. The maximum atomic E-state index is 12.4. The third kappa shape index (κ3) is 4.19. The van der Waals surface area contributed by atoms with Crippen molar-refractivity contribution in [2.24, 2.45) is 0 Å². The third-order valence-electron chi connectivity index (χ3n) is 4.05. The SMILES string of the molecule is COCC1(CNC(=O)c2c(C)cccc2C)CCCN1.Cl. The molecule has 1 heterocycles. The van der Waals surface area contributed by atoms with Crippen LogP contribution in [0.5, 0.6) is 0 Å². The van der Waals surface area contributed by atoms with Gasteiger partial charge in [-0.25, -0.2) is 0 Å². The van der Waals surface area contributed by atoms with E-state index in [1.807, 2.05) is 32.0 Å². The molecule has 2 N–H and O–H groups in total. The highest BCUT2D eigenvalue weighted by atomic mass is 35.5. The Balaban J connectivity index is 0.00000220. The van der Waals surface area contributed by atoms with Crippen LogP contribution in [-0.4, -0.2) is 38.3 Å². The Bertz CT molecular complexity index is 465. The number of hydrogen-bond acceptors (Lipinski definition) is 3. The molecule has 0 spiro atoms. The van der Waals surface area contributed by atoms with Crippen molar-refractivity contribution >= 4 is 18.3 Å². The standard InChI is InChI=1S/C16H24N2O2.ClH/c1-12-6-4-7-13(2)14(12)15(19)17-10-16(11-20-3)8-5-9-18-16;/h4,6-7,18H,5,8-11H2,1-3H3,(H,17,19);1H. The topological polar surface area (TPSA) is 50.4 Å². The number of amides is 1. The van der Waals surface area contributed by atoms with E-state index >= 15 is 0 Å². The fourth-order valence-corrected chi connectivity index (χ4v) is 2.98. The molecule has 1 saturated heterocycles. The van der Waals surface area contributed by atoms with Crippen molar-refractivity contribution in [1.29, 1.82) is 0 Å². The Labute approximate surface area is 133 Å². The molecule has 1 amide bonds. The van der Waals surface area contributed by atoms with E-state index in [1.165, 1.54) is 0 Å². The van der Waals surface area contributed by atoms with Gasteiger partial charge in [0.2, 0.25) is 0 Å². The largest absolute Gasteiger partial charge is 0.383 e. The summed E-state index contributed by atoms with van der Waals surface area (Å²) in [5.74, 6) is 0.00442. The average molecular weight is 313 g/mol. The van der Waals surface area contributed by atoms with Crippen LogP contribution in [0.15, 0.2) is 18.2 Å². The van der Waals surface area contributed by atoms with Gasteiger partial charge in [0.1, 0.15) is 0 Å². The van der Waals surface area contributed by atoms with E-state index in [0.717, 1.165) is 36.1 Å². The summed E-state index contributed by atoms with van der Waals surface area (Å²) in [6.45, 7) is 6.16. The molecule has 5 heteroatoms. The lowest BCUT2D eigenvalue weighted by Crippen LogP contribution is -2.53. The Morgan fingerprint density at radius 3 is 2.57 bits per heavy atom. The quantitative estimate of drug-likeness (QED) is 0.876. The number of ether oxygens (including phenoxy) is 1. The van der Waals surface area contributed by atoms with Crippen LogP contribution in [0.3, 0.4) is 0 Å². The molecule has 0 aromatic heterocycles. The lowest BCUT2D eigenvalue weighted by Gasteiger charge is -2.29. The molecule has 118 valence electrons. The van der Waals surface area contributed by atoms with Gasteiger partial charge in [0.15, 0.2) is 0 Å². The Morgan fingerprint density at radius 1 is 1.38 bits per heavy atom. The van der Waals surface area contributed by atoms with Crippen molar-refractivity contribution in [3.8, 4) is 0 Å². The molecule has 1 aromatic carbocycles. The zero-order valence-electron chi connectivity index (χ0n) is 13.0. The van der Waals surface area contributed by atoms with E-state index < -0.39 is 0 Å². The van der Waals surface area contributed by atoms with Gasteiger partial charge in [0, 0.05) is 19.2 Å². The molecular weight excluding hydrogens is 288 g/mol. The summed E-state index contributed by atoms with van der Waals surface area (Å²) in [6, 6.07) is 5.92. The summed E-state index contributed by atoms with van der Waals surface area (Å²) in [5, 5.41) is 6.53. The van der Waals surface area contributed by atoms with Gasteiger partial charge in [-0.2, -0.15) is 0 Å². The molecule has 1 aromatic rings. The molecule has 0 radical (unpaired) electrons. The number of benzene rings is 1. The molecule has 0 aliphatic carbocycles. The summed E-state index contributed by atoms with van der Waals surface area (Å²) in [5.41, 5.74) is 2.71. The average Bonchev–Trinajstić information content (AvgIpc) is 2.86. The minimum atomic E-state index is -0.110. The first-order valence-corrected chi connectivity index (χ1v) is 7.16. The minimum Gasteiger partial charge on any atom is -0.383 e. The number of aryl methyl sites for hydroxylation is 2. The summed E-state index contributed by atoms with van der Waals surface area (Å²) >= 11 is 0. The number of carbonyl (C=O) groups excluding carboxylic acids is 1. The molecule has 2 rings (SSSR count). The fourth-order valence-electron chi connectivity index (χ4n) is 2.98. The van der Waals surface area contributed by atoms with Crippen molar-refractivity contribution in [1.82, 2.24) is 10.6 Å². The molecule has 1 atom stereocenters. The van der Waals surface area contributed by atoms with Gasteiger partial charge in [-0.1, -0.05) is 18.2 Å². The maximum absolute atomic E-state index is 12.4. The van der Waals surface area contributed by atoms with E-state index in [2.05, 4.69) is 10.6 Å².